The monoisotopic (exact) mass is 357 g/mol. The molecule has 0 radical (unpaired) electrons. The molecule has 2 aliphatic rings. The van der Waals surface area contributed by atoms with Gasteiger partial charge in [-0.3, -0.25) is 9.59 Å². The van der Waals surface area contributed by atoms with Crippen molar-refractivity contribution in [2.75, 3.05) is 32.7 Å². The molecule has 2 fully saturated rings. The van der Waals surface area contributed by atoms with E-state index in [1.807, 2.05) is 30.3 Å². The number of nitrogens with zero attached hydrogens (tertiary/aromatic N) is 2. The Morgan fingerprint density at radius 3 is 2.65 bits per heavy atom. The number of nitrogens with one attached hydrogen (secondary N) is 1. The zero-order valence-corrected chi connectivity index (χ0v) is 14.6. The molecule has 0 aromatic heterocycles. The first-order valence-corrected chi connectivity index (χ1v) is 8.68. The van der Waals surface area contributed by atoms with E-state index in [4.69, 9.17) is 0 Å². The number of carboxylic acid groups (broad SMARTS) is 1. The Labute approximate surface area is 152 Å². The zero-order chi connectivity index (χ0) is 18.7. The van der Waals surface area contributed by atoms with Gasteiger partial charge in [0.25, 0.3) is 0 Å². The van der Waals surface area contributed by atoms with Gasteiger partial charge in [0.05, 0.1) is 5.92 Å². The molecule has 3 rings (SSSR count). The molecule has 2 saturated heterocycles. The Bertz CT molecular complexity index is 721. The average Bonchev–Trinajstić information content (AvgIpc) is 3.13. The van der Waals surface area contributed by atoms with Gasteiger partial charge in [0.2, 0.25) is 5.91 Å². The van der Waals surface area contributed by atoms with E-state index in [0.717, 1.165) is 5.56 Å². The van der Waals surface area contributed by atoms with Crippen LogP contribution in [-0.4, -0.2) is 65.5 Å². The van der Waals surface area contributed by atoms with Crippen LogP contribution in [0, 0.1) is 11.3 Å². The fraction of sp³-hybridized carbons (Fsp3) is 0.421. The smallest absolute Gasteiger partial charge is 0.317 e. The second-order valence-corrected chi connectivity index (χ2v) is 6.87. The maximum atomic E-state index is 12.5. The predicted molar refractivity (Wildman–Crippen MR) is 95.5 cm³/mol. The number of hydrogen-bond acceptors (Lipinski definition) is 3. The summed E-state index contributed by atoms with van der Waals surface area (Å²) in [5, 5.41) is 12.6. The van der Waals surface area contributed by atoms with Gasteiger partial charge in [-0.1, -0.05) is 36.4 Å². The lowest BCUT2D eigenvalue weighted by Gasteiger charge is -2.25. The second-order valence-electron chi connectivity index (χ2n) is 6.87. The van der Waals surface area contributed by atoms with Crippen molar-refractivity contribution in [3.63, 3.8) is 0 Å². The summed E-state index contributed by atoms with van der Waals surface area (Å²) in [4.78, 5) is 39.8. The Morgan fingerprint density at radius 1 is 1.31 bits per heavy atom. The fourth-order valence-electron chi connectivity index (χ4n) is 3.84. The molecule has 2 aliphatic heterocycles. The Morgan fingerprint density at radius 2 is 2.04 bits per heavy atom. The lowest BCUT2D eigenvalue weighted by Crippen LogP contribution is -2.45. The van der Waals surface area contributed by atoms with Crippen LogP contribution in [-0.2, 0) is 16.0 Å². The van der Waals surface area contributed by atoms with Crippen molar-refractivity contribution in [2.24, 2.45) is 11.3 Å². The van der Waals surface area contributed by atoms with E-state index in [1.54, 1.807) is 6.08 Å². The Kier molecular flexibility index (Phi) is 4.97. The van der Waals surface area contributed by atoms with Crippen LogP contribution in [0.3, 0.4) is 0 Å². The minimum Gasteiger partial charge on any atom is -0.481 e. The van der Waals surface area contributed by atoms with Gasteiger partial charge in [-0.15, -0.1) is 6.58 Å². The number of fused-ring (bicyclic) bond motifs is 1. The van der Waals surface area contributed by atoms with Gasteiger partial charge in [-0.25, -0.2) is 4.79 Å². The van der Waals surface area contributed by atoms with Crippen LogP contribution in [0.25, 0.3) is 0 Å². The van der Waals surface area contributed by atoms with E-state index in [0.29, 0.717) is 19.5 Å². The first kappa shape index (κ1) is 18.0. The van der Waals surface area contributed by atoms with Crippen molar-refractivity contribution >= 4 is 17.9 Å². The predicted octanol–water partition coefficient (Wildman–Crippen LogP) is 0.970. The third kappa shape index (κ3) is 3.16. The molecule has 2 atom stereocenters. The minimum atomic E-state index is -1.23. The third-order valence-corrected chi connectivity index (χ3v) is 5.22. The van der Waals surface area contributed by atoms with Crippen LogP contribution < -0.4 is 5.32 Å². The van der Waals surface area contributed by atoms with Crippen LogP contribution in [0.4, 0.5) is 4.79 Å². The van der Waals surface area contributed by atoms with Crippen molar-refractivity contribution in [2.45, 2.75) is 6.42 Å². The molecule has 0 saturated carbocycles. The number of likely N-dealkylation sites (tertiary alicyclic amines) is 2. The molecule has 0 aliphatic carbocycles. The molecular weight excluding hydrogens is 334 g/mol. The van der Waals surface area contributed by atoms with E-state index in [1.165, 1.54) is 9.80 Å². The maximum Gasteiger partial charge on any atom is 0.317 e. The van der Waals surface area contributed by atoms with E-state index in [-0.39, 0.29) is 31.6 Å². The topological polar surface area (TPSA) is 90.0 Å². The minimum absolute atomic E-state index is 0.0452. The van der Waals surface area contributed by atoms with Crippen LogP contribution in [0.1, 0.15) is 5.56 Å². The van der Waals surface area contributed by atoms with Crippen LogP contribution in [0.15, 0.2) is 43.0 Å². The van der Waals surface area contributed by atoms with Gasteiger partial charge in [0.15, 0.2) is 0 Å². The molecule has 26 heavy (non-hydrogen) atoms. The van der Waals surface area contributed by atoms with Crippen molar-refractivity contribution in [3.05, 3.63) is 48.6 Å². The average molecular weight is 357 g/mol. The van der Waals surface area contributed by atoms with Gasteiger partial charge in [0, 0.05) is 32.7 Å². The molecule has 7 nitrogen and oxygen atoms in total. The summed E-state index contributed by atoms with van der Waals surface area (Å²) in [6, 6.07) is 9.46. The second kappa shape index (κ2) is 7.19. The van der Waals surface area contributed by atoms with Gasteiger partial charge in [-0.2, -0.15) is 0 Å². The quantitative estimate of drug-likeness (QED) is 0.743. The Hall–Kier alpha value is -2.83. The van der Waals surface area contributed by atoms with E-state index >= 15 is 0 Å². The molecular formula is C19H23N3O4. The molecule has 1 aromatic carbocycles. The van der Waals surface area contributed by atoms with E-state index < -0.39 is 17.3 Å². The zero-order valence-electron chi connectivity index (χ0n) is 14.6. The van der Waals surface area contributed by atoms with Gasteiger partial charge in [0.1, 0.15) is 5.41 Å². The highest BCUT2D eigenvalue weighted by Gasteiger charge is 2.62. The molecule has 2 heterocycles. The SMILES string of the molecule is C=CCN1C[C@@]2(C(=O)O)CN(C(=O)NCCc3ccccc3)C[C@H]2C1=O. The molecule has 2 N–H and O–H groups in total. The number of carbonyl (C=O) groups excluding carboxylic acids is 2. The summed E-state index contributed by atoms with van der Waals surface area (Å²) in [5.74, 6) is -1.94. The number of urea groups is 1. The number of hydrogen-bond donors (Lipinski definition) is 2. The first-order chi connectivity index (χ1) is 12.5. The van der Waals surface area contributed by atoms with Gasteiger partial charge < -0.3 is 20.2 Å². The van der Waals surface area contributed by atoms with Crippen LogP contribution >= 0.6 is 0 Å². The lowest BCUT2D eigenvalue weighted by molar-refractivity contribution is -0.149. The van der Waals surface area contributed by atoms with Crippen molar-refractivity contribution in [3.8, 4) is 0 Å². The Balaban J connectivity index is 1.61. The fourth-order valence-corrected chi connectivity index (χ4v) is 3.84. The molecule has 1 aromatic rings. The highest BCUT2D eigenvalue weighted by atomic mass is 16.4. The number of carboxylic acids is 1. The van der Waals surface area contributed by atoms with Gasteiger partial charge in [-0.05, 0) is 12.0 Å². The number of aliphatic carboxylic acids is 1. The van der Waals surface area contributed by atoms with Crippen molar-refractivity contribution in [1.29, 1.82) is 0 Å². The summed E-state index contributed by atoms with van der Waals surface area (Å²) in [6.45, 7) is 4.69. The highest BCUT2D eigenvalue weighted by Crippen LogP contribution is 2.43. The molecule has 138 valence electrons. The largest absolute Gasteiger partial charge is 0.481 e. The number of amides is 3. The highest BCUT2D eigenvalue weighted by molar-refractivity contribution is 5.93. The number of rotatable bonds is 6. The van der Waals surface area contributed by atoms with Gasteiger partial charge >= 0.3 is 12.0 Å². The van der Waals surface area contributed by atoms with Crippen molar-refractivity contribution in [1.82, 2.24) is 15.1 Å². The van der Waals surface area contributed by atoms with Crippen LogP contribution in [0.2, 0.25) is 0 Å². The summed E-state index contributed by atoms with van der Waals surface area (Å²) < 4.78 is 0. The first-order valence-electron chi connectivity index (χ1n) is 8.68. The number of carbonyl (C=O) groups is 3. The number of benzene rings is 1. The molecule has 0 unspecified atom stereocenters. The molecule has 0 bridgehead atoms. The molecule has 3 amide bonds. The van der Waals surface area contributed by atoms with Crippen LogP contribution in [0.5, 0.6) is 0 Å². The summed E-state index contributed by atoms with van der Waals surface area (Å²) in [6.07, 6.45) is 2.28. The summed E-state index contributed by atoms with van der Waals surface area (Å²) >= 11 is 0. The molecule has 0 spiro atoms. The standard InChI is InChI=1S/C19H23N3O4/c1-2-10-21-12-19(17(24)25)13-22(11-15(19)16(21)23)18(26)20-9-8-14-6-4-3-5-7-14/h2-7,15H,1,8-13H2,(H,20,26)(H,24,25)/t15-,19+/m0/s1. The molecule has 7 heteroatoms. The summed E-state index contributed by atoms with van der Waals surface area (Å²) in [7, 11) is 0. The normalized spacial score (nSPS) is 24.5. The van der Waals surface area contributed by atoms with E-state index in [2.05, 4.69) is 11.9 Å². The third-order valence-electron chi connectivity index (χ3n) is 5.22. The van der Waals surface area contributed by atoms with Crippen molar-refractivity contribution < 1.29 is 19.5 Å². The lowest BCUT2D eigenvalue weighted by atomic mass is 9.81. The van der Waals surface area contributed by atoms with E-state index in [9.17, 15) is 19.5 Å². The maximum absolute atomic E-state index is 12.5. The summed E-state index contributed by atoms with van der Waals surface area (Å²) in [5.41, 5.74) is -0.111.